The molecule has 0 N–H and O–H groups in total. The van der Waals surface area contributed by atoms with Crippen molar-refractivity contribution in [1.82, 2.24) is 0 Å². The van der Waals surface area contributed by atoms with Gasteiger partial charge >= 0.3 is 164 Å². The summed E-state index contributed by atoms with van der Waals surface area (Å²) in [6, 6.07) is 0. The standard InChI is InChI=1S/C9H17O2Si.3C4H9.Sn/c1-6-10-8-7-9(2)11-12(3,4)5;3*1-3-4-2;/h7H,2,6H2,1,3-5H3;3*1,3-4H2,2H3;. The second-order valence-corrected chi connectivity index (χ2v) is 25.6. The van der Waals surface area contributed by atoms with Crippen molar-refractivity contribution in [2.45, 2.75) is 99.2 Å². The molecule has 0 bridgehead atoms. The van der Waals surface area contributed by atoms with Gasteiger partial charge in [0.15, 0.2) is 0 Å². The van der Waals surface area contributed by atoms with Gasteiger partial charge in [0.2, 0.25) is 0 Å². The van der Waals surface area contributed by atoms with Gasteiger partial charge in [-0.05, 0) is 0 Å². The fourth-order valence-corrected chi connectivity index (χ4v) is 19.9. The van der Waals surface area contributed by atoms with Crippen molar-refractivity contribution >= 4 is 26.7 Å². The van der Waals surface area contributed by atoms with Crippen LogP contribution in [0.3, 0.4) is 0 Å². The SMILES string of the molecule is C=C(/C=[C](\OCC)[Sn]([CH2]CCC)([CH2]CCC)[CH2]CCC)O[Si](C)(C)C. The van der Waals surface area contributed by atoms with E-state index in [1.807, 2.05) is 0 Å². The topological polar surface area (TPSA) is 18.5 Å². The van der Waals surface area contributed by atoms with Crippen LogP contribution in [0.15, 0.2) is 22.2 Å². The van der Waals surface area contributed by atoms with E-state index in [1.54, 1.807) is 0 Å². The molecule has 0 rings (SSSR count). The molecular formula is C21H44O2SiSn. The van der Waals surface area contributed by atoms with Crippen molar-refractivity contribution in [2.75, 3.05) is 6.61 Å². The summed E-state index contributed by atoms with van der Waals surface area (Å²) in [5.74, 6) is 0.827. The van der Waals surface area contributed by atoms with Crippen molar-refractivity contribution in [3.05, 3.63) is 22.2 Å². The molecule has 0 fully saturated rings. The van der Waals surface area contributed by atoms with Crippen LogP contribution in [0.4, 0.5) is 0 Å². The Morgan fingerprint density at radius 3 is 1.64 bits per heavy atom. The van der Waals surface area contributed by atoms with Crippen LogP contribution < -0.4 is 0 Å². The first-order valence-corrected chi connectivity index (χ1v) is 21.4. The molecule has 0 saturated carbocycles. The summed E-state index contributed by atoms with van der Waals surface area (Å²) in [6.45, 7) is 20.7. The second-order valence-electron chi connectivity index (χ2n) is 8.21. The van der Waals surface area contributed by atoms with Crippen LogP contribution in [0, 0.1) is 0 Å². The number of allylic oxidation sites excluding steroid dienone is 1. The molecule has 0 aliphatic heterocycles. The molecule has 0 aromatic heterocycles. The predicted molar refractivity (Wildman–Crippen MR) is 118 cm³/mol. The Balaban J connectivity index is 5.72. The van der Waals surface area contributed by atoms with Gasteiger partial charge in [-0.25, -0.2) is 0 Å². The summed E-state index contributed by atoms with van der Waals surface area (Å²) in [6.07, 6.45) is 10.1. The van der Waals surface area contributed by atoms with Gasteiger partial charge < -0.3 is 0 Å². The molecule has 4 heteroatoms. The van der Waals surface area contributed by atoms with Crippen LogP contribution in [0.2, 0.25) is 33.0 Å². The monoisotopic (exact) mass is 476 g/mol. The molecule has 148 valence electrons. The van der Waals surface area contributed by atoms with Crippen molar-refractivity contribution in [1.29, 1.82) is 0 Å². The maximum atomic E-state index is 6.31. The first-order valence-electron chi connectivity index (χ1n) is 10.5. The number of hydrogen-bond donors (Lipinski definition) is 0. The molecular weight excluding hydrogens is 431 g/mol. The second kappa shape index (κ2) is 13.3. The van der Waals surface area contributed by atoms with Gasteiger partial charge in [0.1, 0.15) is 0 Å². The number of unbranched alkanes of at least 4 members (excludes halogenated alkanes) is 3. The van der Waals surface area contributed by atoms with Gasteiger partial charge in [-0.3, -0.25) is 0 Å². The van der Waals surface area contributed by atoms with Crippen molar-refractivity contribution in [3.63, 3.8) is 0 Å². The van der Waals surface area contributed by atoms with E-state index in [2.05, 4.69) is 60.0 Å². The van der Waals surface area contributed by atoms with E-state index in [-0.39, 0.29) is 0 Å². The zero-order valence-corrected chi connectivity index (χ0v) is 22.0. The fourth-order valence-electron chi connectivity index (χ4n) is 3.36. The first kappa shape index (κ1) is 25.1. The first-order chi connectivity index (χ1) is 11.7. The molecule has 0 spiro atoms. The van der Waals surface area contributed by atoms with Gasteiger partial charge in [-0.1, -0.05) is 0 Å². The molecule has 0 unspecified atom stereocenters. The molecule has 0 aliphatic rings. The predicted octanol–water partition coefficient (Wildman–Crippen LogP) is 7.66. The fraction of sp³-hybridized carbons (Fsp3) is 0.810. The molecule has 0 aliphatic carbocycles. The van der Waals surface area contributed by atoms with E-state index < -0.39 is 26.7 Å². The van der Waals surface area contributed by atoms with Crippen LogP contribution >= 0.6 is 0 Å². The number of ether oxygens (including phenoxy) is 1. The zero-order valence-electron chi connectivity index (χ0n) is 18.2. The summed E-state index contributed by atoms with van der Waals surface area (Å²) in [5.41, 5.74) is 0. The third-order valence-electron chi connectivity index (χ3n) is 4.58. The molecule has 0 atom stereocenters. The van der Waals surface area contributed by atoms with Gasteiger partial charge in [0.05, 0.1) is 0 Å². The summed E-state index contributed by atoms with van der Waals surface area (Å²) >= 11 is -2.54. The van der Waals surface area contributed by atoms with E-state index in [0.29, 0.717) is 0 Å². The minimum atomic E-state index is -2.54. The summed E-state index contributed by atoms with van der Waals surface area (Å²) in [4.78, 5) is 0. The summed E-state index contributed by atoms with van der Waals surface area (Å²) in [7, 11) is -1.62. The normalized spacial score (nSPS) is 13.0. The molecule has 0 radical (unpaired) electrons. The Morgan fingerprint density at radius 1 is 0.880 bits per heavy atom. The van der Waals surface area contributed by atoms with Crippen LogP contribution in [0.5, 0.6) is 0 Å². The average molecular weight is 475 g/mol. The van der Waals surface area contributed by atoms with Crippen LogP contribution in [0.1, 0.15) is 66.2 Å². The minimum absolute atomic E-state index is 0.759. The molecule has 0 heterocycles. The quantitative estimate of drug-likeness (QED) is 0.138. The van der Waals surface area contributed by atoms with Crippen LogP contribution in [-0.2, 0) is 9.16 Å². The number of hydrogen-bond acceptors (Lipinski definition) is 2. The van der Waals surface area contributed by atoms with E-state index >= 15 is 0 Å². The van der Waals surface area contributed by atoms with Gasteiger partial charge in [0, 0.05) is 0 Å². The van der Waals surface area contributed by atoms with Crippen LogP contribution in [-0.4, -0.2) is 33.3 Å². The summed E-state index contributed by atoms with van der Waals surface area (Å²) in [5, 5.41) is 0. The third-order valence-corrected chi connectivity index (χ3v) is 20.5. The van der Waals surface area contributed by atoms with Gasteiger partial charge in [-0.15, -0.1) is 0 Å². The number of rotatable bonds is 15. The van der Waals surface area contributed by atoms with Gasteiger partial charge in [0.25, 0.3) is 0 Å². The Labute approximate surface area is 163 Å². The van der Waals surface area contributed by atoms with E-state index in [0.717, 1.165) is 12.4 Å². The van der Waals surface area contributed by atoms with Crippen molar-refractivity contribution in [2.24, 2.45) is 0 Å². The molecule has 2 nitrogen and oxygen atoms in total. The van der Waals surface area contributed by atoms with Crippen LogP contribution in [0.25, 0.3) is 0 Å². The van der Waals surface area contributed by atoms with Crippen molar-refractivity contribution < 1.29 is 9.16 Å². The van der Waals surface area contributed by atoms with E-state index in [9.17, 15) is 0 Å². The third kappa shape index (κ3) is 10.7. The molecule has 25 heavy (non-hydrogen) atoms. The average Bonchev–Trinajstić information content (AvgIpc) is 2.52. The zero-order chi connectivity index (χ0) is 19.3. The Kier molecular flexibility index (Phi) is 13.3. The van der Waals surface area contributed by atoms with Gasteiger partial charge in [-0.2, -0.15) is 0 Å². The summed E-state index contributed by atoms with van der Waals surface area (Å²) < 4.78 is 18.0. The molecule has 0 aromatic carbocycles. The van der Waals surface area contributed by atoms with E-state index in [1.165, 1.54) is 55.6 Å². The van der Waals surface area contributed by atoms with E-state index in [4.69, 9.17) is 9.16 Å². The molecule has 0 amide bonds. The Hall–Kier alpha value is 0.0956. The Bertz CT molecular complexity index is 377. The Morgan fingerprint density at radius 2 is 1.32 bits per heavy atom. The maximum absolute atomic E-state index is 6.31. The molecule has 0 aromatic rings. The van der Waals surface area contributed by atoms with Crippen molar-refractivity contribution in [3.8, 4) is 0 Å². The molecule has 0 saturated heterocycles.